The lowest BCUT2D eigenvalue weighted by Gasteiger charge is -2.16. The molecule has 0 atom stereocenters. The summed E-state index contributed by atoms with van der Waals surface area (Å²) in [5, 5.41) is 9.23. The quantitative estimate of drug-likeness (QED) is 0.846. The molecule has 6 heteroatoms. The third-order valence-electron chi connectivity index (χ3n) is 2.19. The molecule has 4 nitrogen and oxygen atoms in total. The van der Waals surface area contributed by atoms with Crippen LogP contribution in [0.2, 0.25) is 5.02 Å². The first-order chi connectivity index (χ1) is 8.45. The highest BCUT2D eigenvalue weighted by atomic mass is 35.5. The van der Waals surface area contributed by atoms with Gasteiger partial charge in [-0.3, -0.25) is 9.59 Å². The number of thioether (sulfide) groups is 1. The van der Waals surface area contributed by atoms with Crippen molar-refractivity contribution in [1.82, 2.24) is 4.90 Å². The highest BCUT2D eigenvalue weighted by Crippen LogP contribution is 2.26. The first-order valence-corrected chi connectivity index (χ1v) is 6.71. The van der Waals surface area contributed by atoms with E-state index in [1.165, 1.54) is 23.7 Å². The van der Waals surface area contributed by atoms with Gasteiger partial charge < -0.3 is 10.0 Å². The monoisotopic (exact) mass is 287 g/mol. The zero-order valence-electron chi connectivity index (χ0n) is 10.1. The van der Waals surface area contributed by atoms with Gasteiger partial charge in [0, 0.05) is 17.0 Å². The second-order valence-electron chi connectivity index (χ2n) is 3.63. The topological polar surface area (TPSA) is 57.6 Å². The molecule has 1 amide bonds. The molecule has 0 spiro atoms. The maximum atomic E-state index is 12.1. The molecule has 0 aliphatic carbocycles. The van der Waals surface area contributed by atoms with Crippen LogP contribution in [0.15, 0.2) is 23.1 Å². The second kappa shape index (κ2) is 6.66. The number of halogens is 1. The summed E-state index contributed by atoms with van der Waals surface area (Å²) in [6.45, 7) is 1.65. The summed E-state index contributed by atoms with van der Waals surface area (Å²) >= 11 is 7.39. The van der Waals surface area contributed by atoms with Crippen LogP contribution in [-0.2, 0) is 4.79 Å². The van der Waals surface area contributed by atoms with Gasteiger partial charge in [-0.1, -0.05) is 18.5 Å². The summed E-state index contributed by atoms with van der Waals surface area (Å²) < 4.78 is 0. The number of benzene rings is 1. The molecule has 0 unspecified atom stereocenters. The number of carboxylic acid groups (broad SMARTS) is 1. The minimum atomic E-state index is -1.04. The molecule has 0 radical (unpaired) electrons. The van der Waals surface area contributed by atoms with Crippen LogP contribution in [0.4, 0.5) is 0 Å². The molecule has 1 aromatic carbocycles. The lowest BCUT2D eigenvalue weighted by molar-refractivity contribution is -0.137. The molecule has 0 aliphatic rings. The van der Waals surface area contributed by atoms with Crippen molar-refractivity contribution in [3.05, 3.63) is 28.8 Å². The Hall–Kier alpha value is -1.20. The van der Waals surface area contributed by atoms with Crippen molar-refractivity contribution in [2.24, 2.45) is 0 Å². The standard InChI is InChI=1S/C12H14ClNO3S/c1-3-18-10-6-8(13)4-5-9(10)12(17)14(2)7-11(15)16/h4-6H,3,7H2,1-2H3,(H,15,16). The smallest absolute Gasteiger partial charge is 0.323 e. The van der Waals surface area contributed by atoms with E-state index in [9.17, 15) is 9.59 Å². The molecule has 1 N–H and O–H groups in total. The third-order valence-corrected chi connectivity index (χ3v) is 3.37. The number of carbonyl (C=O) groups is 2. The van der Waals surface area contributed by atoms with Crippen molar-refractivity contribution >= 4 is 35.2 Å². The van der Waals surface area contributed by atoms with Gasteiger partial charge in [-0.05, 0) is 24.0 Å². The van der Waals surface area contributed by atoms with Crippen LogP contribution < -0.4 is 0 Å². The van der Waals surface area contributed by atoms with E-state index in [-0.39, 0.29) is 12.5 Å². The van der Waals surface area contributed by atoms with Crippen LogP contribution in [0.1, 0.15) is 17.3 Å². The molecule has 18 heavy (non-hydrogen) atoms. The fourth-order valence-electron chi connectivity index (χ4n) is 1.43. The SMILES string of the molecule is CCSc1cc(Cl)ccc1C(=O)N(C)CC(=O)O. The lowest BCUT2D eigenvalue weighted by atomic mass is 10.2. The van der Waals surface area contributed by atoms with Crippen molar-refractivity contribution in [2.45, 2.75) is 11.8 Å². The largest absolute Gasteiger partial charge is 0.480 e. The summed E-state index contributed by atoms with van der Waals surface area (Å²) in [4.78, 5) is 24.6. The second-order valence-corrected chi connectivity index (χ2v) is 5.37. The fourth-order valence-corrected chi connectivity index (χ4v) is 2.50. The number of aliphatic carboxylic acids is 1. The molecule has 0 fully saturated rings. The molecule has 0 aromatic heterocycles. The van der Waals surface area contributed by atoms with Crippen molar-refractivity contribution in [3.63, 3.8) is 0 Å². The van der Waals surface area contributed by atoms with Gasteiger partial charge in [0.1, 0.15) is 6.54 Å². The zero-order valence-corrected chi connectivity index (χ0v) is 11.7. The number of carbonyl (C=O) groups excluding carboxylic acids is 1. The van der Waals surface area contributed by atoms with Gasteiger partial charge in [-0.25, -0.2) is 0 Å². The van der Waals surface area contributed by atoms with E-state index < -0.39 is 5.97 Å². The number of amides is 1. The van der Waals surface area contributed by atoms with E-state index in [1.807, 2.05) is 6.92 Å². The summed E-state index contributed by atoms with van der Waals surface area (Å²) in [6, 6.07) is 4.97. The van der Waals surface area contributed by atoms with Crippen molar-refractivity contribution in [3.8, 4) is 0 Å². The minimum Gasteiger partial charge on any atom is -0.480 e. The lowest BCUT2D eigenvalue weighted by Crippen LogP contribution is -2.32. The predicted octanol–water partition coefficient (Wildman–Crippen LogP) is 2.61. The minimum absolute atomic E-state index is 0.315. The van der Waals surface area contributed by atoms with Gasteiger partial charge in [0.2, 0.25) is 0 Å². The molecule has 1 aromatic rings. The summed E-state index contributed by atoms with van der Waals surface area (Å²) in [6.07, 6.45) is 0. The Balaban J connectivity index is 3.00. The van der Waals surface area contributed by atoms with E-state index in [0.717, 1.165) is 10.6 Å². The van der Waals surface area contributed by atoms with Crippen LogP contribution in [0, 0.1) is 0 Å². The molecule has 1 rings (SSSR count). The summed E-state index contributed by atoms with van der Waals surface area (Å²) in [7, 11) is 1.46. The predicted molar refractivity (Wildman–Crippen MR) is 72.4 cm³/mol. The highest BCUT2D eigenvalue weighted by molar-refractivity contribution is 7.99. The normalized spacial score (nSPS) is 10.2. The average molecular weight is 288 g/mol. The van der Waals surface area contributed by atoms with E-state index >= 15 is 0 Å². The fraction of sp³-hybridized carbons (Fsp3) is 0.333. The number of hydrogen-bond acceptors (Lipinski definition) is 3. The van der Waals surface area contributed by atoms with E-state index in [1.54, 1.807) is 18.2 Å². The van der Waals surface area contributed by atoms with Crippen molar-refractivity contribution in [2.75, 3.05) is 19.3 Å². The van der Waals surface area contributed by atoms with Gasteiger partial charge in [0.05, 0.1) is 5.56 Å². The highest BCUT2D eigenvalue weighted by Gasteiger charge is 2.17. The number of likely N-dealkylation sites (N-methyl/N-ethyl adjacent to an activating group) is 1. The number of hydrogen-bond donors (Lipinski definition) is 1. The number of nitrogens with zero attached hydrogens (tertiary/aromatic N) is 1. The van der Waals surface area contributed by atoms with Gasteiger partial charge in [-0.2, -0.15) is 0 Å². The van der Waals surface area contributed by atoms with Gasteiger partial charge in [-0.15, -0.1) is 11.8 Å². The molecule has 0 bridgehead atoms. The van der Waals surface area contributed by atoms with Crippen LogP contribution in [0.5, 0.6) is 0 Å². The average Bonchev–Trinajstić information content (AvgIpc) is 2.28. The van der Waals surface area contributed by atoms with Gasteiger partial charge in [0.25, 0.3) is 5.91 Å². The molecule has 0 heterocycles. The van der Waals surface area contributed by atoms with E-state index in [2.05, 4.69) is 0 Å². The molecule has 0 saturated heterocycles. The number of rotatable bonds is 5. The molecule has 98 valence electrons. The Kier molecular flexibility index (Phi) is 5.50. The Morgan fingerprint density at radius 1 is 1.44 bits per heavy atom. The van der Waals surface area contributed by atoms with Crippen LogP contribution >= 0.6 is 23.4 Å². The van der Waals surface area contributed by atoms with E-state index in [4.69, 9.17) is 16.7 Å². The van der Waals surface area contributed by atoms with Gasteiger partial charge >= 0.3 is 5.97 Å². The number of carboxylic acids is 1. The Bertz CT molecular complexity index is 465. The van der Waals surface area contributed by atoms with Crippen LogP contribution in [0.3, 0.4) is 0 Å². The molecule has 0 aliphatic heterocycles. The zero-order chi connectivity index (χ0) is 13.7. The van der Waals surface area contributed by atoms with E-state index in [0.29, 0.717) is 10.6 Å². The first kappa shape index (κ1) is 14.9. The summed E-state index contributed by atoms with van der Waals surface area (Å²) in [5.41, 5.74) is 0.481. The van der Waals surface area contributed by atoms with Gasteiger partial charge in [0.15, 0.2) is 0 Å². The Labute approximate surface area is 115 Å². The van der Waals surface area contributed by atoms with Crippen molar-refractivity contribution < 1.29 is 14.7 Å². The maximum absolute atomic E-state index is 12.1. The molecular weight excluding hydrogens is 274 g/mol. The first-order valence-electron chi connectivity index (χ1n) is 5.35. The van der Waals surface area contributed by atoms with Crippen molar-refractivity contribution in [1.29, 1.82) is 0 Å². The van der Waals surface area contributed by atoms with Crippen LogP contribution in [-0.4, -0.2) is 41.2 Å². The molecular formula is C12H14ClNO3S. The maximum Gasteiger partial charge on any atom is 0.323 e. The molecule has 0 saturated carbocycles. The third kappa shape index (κ3) is 3.92. The Morgan fingerprint density at radius 2 is 2.11 bits per heavy atom. The van der Waals surface area contributed by atoms with Crippen LogP contribution in [0.25, 0.3) is 0 Å². The summed E-state index contributed by atoms with van der Waals surface area (Å²) in [5.74, 6) is -0.543. The Morgan fingerprint density at radius 3 is 2.67 bits per heavy atom.